The van der Waals surface area contributed by atoms with Crippen molar-refractivity contribution in [3.63, 3.8) is 0 Å². The van der Waals surface area contributed by atoms with Crippen molar-refractivity contribution in [2.24, 2.45) is 0 Å². The Labute approximate surface area is 132 Å². The van der Waals surface area contributed by atoms with Crippen LogP contribution >= 0.6 is 0 Å². The number of amides is 2. The lowest BCUT2D eigenvalue weighted by Gasteiger charge is -2.22. The maximum Gasteiger partial charge on any atom is 0.234 e. The summed E-state index contributed by atoms with van der Waals surface area (Å²) in [5.74, 6) is 0.155. The predicted octanol–water partition coefficient (Wildman–Crippen LogP) is 1.42. The number of nitrogens with one attached hydrogen (secondary N) is 1. The smallest absolute Gasteiger partial charge is 0.234 e. The number of carbonyl (C=O) groups excluding carboxylic acids is 2. The zero-order valence-electron chi connectivity index (χ0n) is 13.5. The van der Waals surface area contributed by atoms with Gasteiger partial charge in [-0.3, -0.25) is 14.5 Å². The van der Waals surface area contributed by atoms with Crippen molar-refractivity contribution in [2.75, 3.05) is 37.6 Å². The minimum atomic E-state index is 0.0170. The molecule has 2 rings (SSSR count). The Morgan fingerprint density at radius 3 is 2.77 bits per heavy atom. The van der Waals surface area contributed by atoms with Crippen LogP contribution in [0.25, 0.3) is 0 Å². The topological polar surface area (TPSA) is 52.7 Å². The van der Waals surface area contributed by atoms with Crippen molar-refractivity contribution in [1.82, 2.24) is 10.2 Å². The van der Waals surface area contributed by atoms with Crippen molar-refractivity contribution in [3.8, 4) is 0 Å². The lowest BCUT2D eigenvalue weighted by atomic mass is 10.2. The van der Waals surface area contributed by atoms with Crippen molar-refractivity contribution in [3.05, 3.63) is 29.8 Å². The van der Waals surface area contributed by atoms with E-state index in [1.165, 1.54) is 5.56 Å². The molecule has 0 bridgehead atoms. The fourth-order valence-corrected chi connectivity index (χ4v) is 2.79. The van der Waals surface area contributed by atoms with Gasteiger partial charge in [0.05, 0.1) is 6.54 Å². The Morgan fingerprint density at radius 2 is 2.05 bits per heavy atom. The van der Waals surface area contributed by atoms with Crippen LogP contribution in [0, 0.1) is 0 Å². The summed E-state index contributed by atoms with van der Waals surface area (Å²) in [6.07, 6.45) is 1.37. The summed E-state index contributed by atoms with van der Waals surface area (Å²) in [5.41, 5.74) is 2.28. The van der Waals surface area contributed by atoms with E-state index in [-0.39, 0.29) is 11.8 Å². The maximum absolute atomic E-state index is 12.4. The Morgan fingerprint density at radius 1 is 1.27 bits per heavy atom. The number of rotatable bonds is 7. The summed E-state index contributed by atoms with van der Waals surface area (Å²) in [6, 6.07) is 8.07. The largest absolute Gasteiger partial charge is 0.355 e. The molecule has 0 spiro atoms. The molecule has 22 heavy (non-hydrogen) atoms. The summed E-state index contributed by atoms with van der Waals surface area (Å²) in [5, 5.41) is 2.79. The first-order valence-electron chi connectivity index (χ1n) is 8.03. The summed E-state index contributed by atoms with van der Waals surface area (Å²) >= 11 is 0. The van der Waals surface area contributed by atoms with Gasteiger partial charge >= 0.3 is 0 Å². The highest BCUT2D eigenvalue weighted by atomic mass is 16.2. The molecule has 0 fully saturated rings. The first-order valence-corrected chi connectivity index (χ1v) is 8.03. The molecule has 0 unspecified atom stereocenters. The number of hydrogen-bond acceptors (Lipinski definition) is 3. The number of carbonyl (C=O) groups is 2. The second kappa shape index (κ2) is 7.94. The molecule has 1 aromatic carbocycles. The van der Waals surface area contributed by atoms with Gasteiger partial charge in [0, 0.05) is 31.7 Å². The Kier molecular flexibility index (Phi) is 5.95. The lowest BCUT2D eigenvalue weighted by Crippen LogP contribution is -2.39. The van der Waals surface area contributed by atoms with Crippen molar-refractivity contribution in [1.29, 1.82) is 0 Å². The standard InChI is InChI=1S/C17H25N3O2/c1-3-18-16(21)13-19(4-2)11-10-17(22)20-12-9-14-7-5-6-8-15(14)20/h5-8H,3-4,9-13H2,1-2H3,(H,18,21). The van der Waals surface area contributed by atoms with Gasteiger partial charge in [0.2, 0.25) is 11.8 Å². The Balaban J connectivity index is 1.86. The molecule has 0 aromatic heterocycles. The Bertz CT molecular complexity index is 530. The van der Waals surface area contributed by atoms with Gasteiger partial charge in [-0.25, -0.2) is 0 Å². The molecule has 0 radical (unpaired) electrons. The summed E-state index contributed by atoms with van der Waals surface area (Å²) in [4.78, 5) is 27.9. The second-order valence-electron chi connectivity index (χ2n) is 5.50. The van der Waals surface area contributed by atoms with Crippen LogP contribution in [0.15, 0.2) is 24.3 Å². The number of nitrogens with zero attached hydrogens (tertiary/aromatic N) is 2. The van der Waals surface area contributed by atoms with E-state index < -0.39 is 0 Å². The molecule has 1 aliphatic rings. The highest BCUT2D eigenvalue weighted by Gasteiger charge is 2.24. The quantitative estimate of drug-likeness (QED) is 0.829. The van der Waals surface area contributed by atoms with E-state index in [9.17, 15) is 9.59 Å². The summed E-state index contributed by atoms with van der Waals surface area (Å²) in [6.45, 7) is 7.05. The normalized spacial score (nSPS) is 13.3. The number of hydrogen-bond donors (Lipinski definition) is 1. The van der Waals surface area contributed by atoms with E-state index in [4.69, 9.17) is 0 Å². The van der Waals surface area contributed by atoms with Crippen LogP contribution < -0.4 is 10.2 Å². The van der Waals surface area contributed by atoms with Crippen LogP contribution in [-0.4, -0.2) is 49.4 Å². The first-order chi connectivity index (χ1) is 10.7. The minimum absolute atomic E-state index is 0.0170. The van der Waals surface area contributed by atoms with Gasteiger partial charge < -0.3 is 10.2 Å². The van der Waals surface area contributed by atoms with Crippen LogP contribution in [0.2, 0.25) is 0 Å². The third-order valence-electron chi connectivity index (χ3n) is 4.02. The average Bonchev–Trinajstić information content (AvgIpc) is 2.95. The van der Waals surface area contributed by atoms with E-state index in [1.54, 1.807) is 0 Å². The maximum atomic E-state index is 12.4. The molecule has 0 atom stereocenters. The number of likely N-dealkylation sites (N-methyl/N-ethyl adjacent to an activating group) is 2. The van der Waals surface area contributed by atoms with Gasteiger partial charge in [-0.1, -0.05) is 25.1 Å². The molecular weight excluding hydrogens is 278 g/mol. The van der Waals surface area contributed by atoms with Crippen molar-refractivity contribution in [2.45, 2.75) is 26.7 Å². The highest BCUT2D eigenvalue weighted by Crippen LogP contribution is 2.27. The fourth-order valence-electron chi connectivity index (χ4n) is 2.79. The molecule has 1 N–H and O–H groups in total. The van der Waals surface area contributed by atoms with Crippen LogP contribution in [0.1, 0.15) is 25.8 Å². The van der Waals surface area contributed by atoms with Gasteiger partial charge in [0.1, 0.15) is 0 Å². The number of fused-ring (bicyclic) bond motifs is 1. The molecule has 0 saturated heterocycles. The number of anilines is 1. The van der Waals surface area contributed by atoms with Crippen LogP contribution in [0.5, 0.6) is 0 Å². The van der Waals surface area contributed by atoms with E-state index in [0.29, 0.717) is 26.1 Å². The van der Waals surface area contributed by atoms with Crippen LogP contribution in [0.3, 0.4) is 0 Å². The van der Waals surface area contributed by atoms with Crippen LogP contribution in [-0.2, 0) is 16.0 Å². The van der Waals surface area contributed by atoms with Gasteiger partial charge in [-0.15, -0.1) is 0 Å². The summed E-state index contributed by atoms with van der Waals surface area (Å²) < 4.78 is 0. The predicted molar refractivity (Wildman–Crippen MR) is 87.9 cm³/mol. The zero-order chi connectivity index (χ0) is 15.9. The first kappa shape index (κ1) is 16.5. The SMILES string of the molecule is CCNC(=O)CN(CC)CCC(=O)N1CCc2ccccc21. The zero-order valence-corrected chi connectivity index (χ0v) is 13.5. The highest BCUT2D eigenvalue weighted by molar-refractivity contribution is 5.95. The monoisotopic (exact) mass is 303 g/mol. The molecule has 1 aliphatic heterocycles. The van der Waals surface area contributed by atoms with Gasteiger partial charge in [0.15, 0.2) is 0 Å². The molecule has 1 heterocycles. The second-order valence-corrected chi connectivity index (χ2v) is 5.50. The molecule has 5 nitrogen and oxygen atoms in total. The molecule has 2 amide bonds. The van der Waals surface area contributed by atoms with E-state index in [2.05, 4.69) is 11.4 Å². The molecule has 1 aromatic rings. The fraction of sp³-hybridized carbons (Fsp3) is 0.529. The molecular formula is C17H25N3O2. The van der Waals surface area contributed by atoms with Gasteiger partial charge in [0.25, 0.3) is 0 Å². The van der Waals surface area contributed by atoms with E-state index in [0.717, 1.165) is 25.2 Å². The lowest BCUT2D eigenvalue weighted by molar-refractivity contribution is -0.123. The van der Waals surface area contributed by atoms with Crippen molar-refractivity contribution >= 4 is 17.5 Å². The minimum Gasteiger partial charge on any atom is -0.355 e. The van der Waals surface area contributed by atoms with Crippen molar-refractivity contribution < 1.29 is 9.59 Å². The molecule has 0 aliphatic carbocycles. The number of benzene rings is 1. The van der Waals surface area contributed by atoms with E-state index in [1.807, 2.05) is 41.8 Å². The number of para-hydroxylation sites is 1. The molecule has 5 heteroatoms. The van der Waals surface area contributed by atoms with Gasteiger partial charge in [-0.05, 0) is 31.5 Å². The Hall–Kier alpha value is -1.88. The summed E-state index contributed by atoms with van der Waals surface area (Å²) in [7, 11) is 0. The third kappa shape index (κ3) is 4.07. The van der Waals surface area contributed by atoms with E-state index >= 15 is 0 Å². The third-order valence-corrected chi connectivity index (χ3v) is 4.02. The molecule has 0 saturated carbocycles. The molecule has 120 valence electrons. The van der Waals surface area contributed by atoms with Crippen LogP contribution in [0.4, 0.5) is 5.69 Å². The average molecular weight is 303 g/mol. The van der Waals surface area contributed by atoms with Gasteiger partial charge in [-0.2, -0.15) is 0 Å².